The Hall–Kier alpha value is -3.01. The van der Waals surface area contributed by atoms with E-state index in [4.69, 9.17) is 15.7 Å². The number of aliphatic hydroxyl groups is 2. The number of H-pyrrole nitrogens is 1. The molecule has 1 saturated heterocycles. The molecule has 1 aliphatic heterocycles. The Kier molecular flexibility index (Phi) is 3.68. The zero-order valence-corrected chi connectivity index (χ0v) is 12.0. The minimum atomic E-state index is -2.02. The van der Waals surface area contributed by atoms with Gasteiger partial charge in [0.25, 0.3) is 5.56 Å². The topological polar surface area (TPSA) is 197 Å². The molecule has 0 saturated carbocycles. The molecule has 0 unspecified atom stereocenters. The van der Waals surface area contributed by atoms with Crippen molar-refractivity contribution in [1.29, 1.82) is 16.2 Å². The number of imidazole rings is 1. The van der Waals surface area contributed by atoms with Crippen LogP contribution in [0.2, 0.25) is 0 Å². The number of aromatic nitrogens is 4. The van der Waals surface area contributed by atoms with Gasteiger partial charge in [-0.15, -0.1) is 5.11 Å². The van der Waals surface area contributed by atoms with Crippen LogP contribution in [0.25, 0.3) is 11.2 Å². The molecule has 5 N–H and O–H groups in total. The van der Waals surface area contributed by atoms with Crippen LogP contribution in [0.15, 0.2) is 22.6 Å². The summed E-state index contributed by atoms with van der Waals surface area (Å²) in [5.74, 6) is -1.94. The fourth-order valence-electron chi connectivity index (χ4n) is 2.71. The maximum atomic E-state index is 11.7. The van der Waals surface area contributed by atoms with Crippen LogP contribution in [-0.4, -0.2) is 53.9 Å². The number of hydrogen-bond acceptors (Lipinski definition) is 9. The van der Waals surface area contributed by atoms with Crippen LogP contribution in [0.1, 0.15) is 6.23 Å². The van der Waals surface area contributed by atoms with Gasteiger partial charge in [0.2, 0.25) is 0 Å². The monoisotopic (exact) mass is 332 g/mol. The van der Waals surface area contributed by atoms with Crippen LogP contribution >= 0.6 is 0 Å². The number of rotatable bonds is 3. The van der Waals surface area contributed by atoms with E-state index in [0.717, 1.165) is 6.33 Å². The molecule has 1 fully saturated rings. The maximum Gasteiger partial charge on any atom is 0.278 e. The Balaban J connectivity index is 2.15. The molecule has 3 rings (SSSR count). The van der Waals surface area contributed by atoms with Crippen LogP contribution in [0, 0.1) is 28.2 Å². The third kappa shape index (κ3) is 1.96. The molecule has 1 aliphatic rings. The van der Waals surface area contributed by atoms with Gasteiger partial charge in [0.15, 0.2) is 28.8 Å². The Morgan fingerprint density at radius 3 is 3.00 bits per heavy atom. The zero-order valence-electron chi connectivity index (χ0n) is 12.0. The fraction of sp³-hybridized carbons (Fsp3) is 0.417. The average molecular weight is 332 g/mol. The van der Waals surface area contributed by atoms with Crippen LogP contribution < -0.4 is 5.56 Å². The molecule has 12 heteroatoms. The van der Waals surface area contributed by atoms with Crippen molar-refractivity contribution in [3.05, 3.63) is 23.0 Å². The van der Waals surface area contributed by atoms with Gasteiger partial charge in [-0.25, -0.2) is 15.5 Å². The molecule has 0 aromatic carbocycles. The van der Waals surface area contributed by atoms with E-state index in [9.17, 15) is 20.3 Å². The molecule has 0 spiro atoms. The van der Waals surface area contributed by atoms with Gasteiger partial charge in [0.05, 0.1) is 25.3 Å². The van der Waals surface area contributed by atoms with Crippen LogP contribution in [0.4, 0.5) is 0 Å². The second kappa shape index (κ2) is 5.57. The van der Waals surface area contributed by atoms with Gasteiger partial charge in [0.1, 0.15) is 12.0 Å². The van der Waals surface area contributed by atoms with E-state index in [0.29, 0.717) is 0 Å². The summed E-state index contributed by atoms with van der Waals surface area (Å²) in [6, 6.07) is 1.85. The molecule has 3 heterocycles. The van der Waals surface area contributed by atoms with E-state index in [1.807, 2.05) is 6.07 Å². The second-order valence-corrected chi connectivity index (χ2v) is 5.17. The number of amidine groups is 1. The molecule has 2 aromatic rings. The van der Waals surface area contributed by atoms with Crippen molar-refractivity contribution in [2.24, 2.45) is 11.0 Å². The summed E-state index contributed by atoms with van der Waals surface area (Å²) in [6.07, 6.45) is -0.434. The van der Waals surface area contributed by atoms with Crippen molar-refractivity contribution in [2.75, 3.05) is 6.61 Å². The number of nitrogens with one attached hydrogen (secondary N) is 3. The van der Waals surface area contributed by atoms with Crippen LogP contribution in [0.5, 0.6) is 0 Å². The molecule has 124 valence electrons. The molecule has 2 aromatic heterocycles. The van der Waals surface area contributed by atoms with E-state index in [1.165, 1.54) is 10.9 Å². The SMILES string of the molecule is N#C[C@@H]1[C@H](n2cnc3c(=O)[nH]cnc32)O[C@@](CO)(C(=N)N=N)[C@H]1O. The molecule has 4 atom stereocenters. The summed E-state index contributed by atoms with van der Waals surface area (Å²) >= 11 is 0. The highest BCUT2D eigenvalue weighted by Gasteiger charge is 2.58. The van der Waals surface area contributed by atoms with Gasteiger partial charge in [-0.2, -0.15) is 5.26 Å². The quantitative estimate of drug-likeness (QED) is 0.266. The first kappa shape index (κ1) is 15.9. The molecule has 24 heavy (non-hydrogen) atoms. The molecule has 12 nitrogen and oxygen atoms in total. The van der Waals surface area contributed by atoms with E-state index in [2.05, 4.69) is 20.1 Å². The Bertz CT molecular complexity index is 914. The summed E-state index contributed by atoms with van der Waals surface area (Å²) in [4.78, 5) is 22.0. The Morgan fingerprint density at radius 1 is 1.62 bits per heavy atom. The maximum absolute atomic E-state index is 11.7. The van der Waals surface area contributed by atoms with Crippen molar-refractivity contribution in [3.8, 4) is 6.07 Å². The van der Waals surface area contributed by atoms with Crippen LogP contribution in [-0.2, 0) is 4.74 Å². The van der Waals surface area contributed by atoms with Gasteiger partial charge in [-0.1, -0.05) is 0 Å². The minimum Gasteiger partial charge on any atom is -0.393 e. The van der Waals surface area contributed by atoms with Gasteiger partial charge in [0, 0.05) is 0 Å². The molecular formula is C12H12N8O4. The van der Waals surface area contributed by atoms with Crippen molar-refractivity contribution in [1.82, 2.24) is 19.5 Å². The Labute approximate surface area is 133 Å². The lowest BCUT2D eigenvalue weighted by Crippen LogP contribution is -2.50. The highest BCUT2D eigenvalue weighted by molar-refractivity contribution is 5.89. The van der Waals surface area contributed by atoms with Gasteiger partial charge in [-0.05, 0) is 0 Å². The van der Waals surface area contributed by atoms with Crippen molar-refractivity contribution in [2.45, 2.75) is 17.9 Å². The summed E-state index contributed by atoms with van der Waals surface area (Å²) in [6.45, 7) is -0.856. The van der Waals surface area contributed by atoms with Crippen LogP contribution in [0.3, 0.4) is 0 Å². The molecule has 0 aliphatic carbocycles. The Morgan fingerprint density at radius 2 is 2.38 bits per heavy atom. The minimum absolute atomic E-state index is 0.00836. The number of nitrogens with zero attached hydrogens (tertiary/aromatic N) is 5. The lowest BCUT2D eigenvalue weighted by atomic mass is 9.90. The third-order valence-corrected chi connectivity index (χ3v) is 3.99. The first-order valence-electron chi connectivity index (χ1n) is 6.73. The average Bonchev–Trinajstić information content (AvgIpc) is 3.14. The number of nitriles is 1. The first-order chi connectivity index (χ1) is 11.5. The van der Waals surface area contributed by atoms with E-state index < -0.39 is 41.9 Å². The van der Waals surface area contributed by atoms with E-state index in [1.54, 1.807) is 0 Å². The summed E-state index contributed by atoms with van der Waals surface area (Å²) < 4.78 is 6.83. The largest absolute Gasteiger partial charge is 0.393 e. The van der Waals surface area contributed by atoms with Gasteiger partial charge >= 0.3 is 0 Å². The molecule has 0 amide bonds. The summed E-state index contributed by atoms with van der Waals surface area (Å²) in [7, 11) is 0. The number of aliphatic hydroxyl groups excluding tert-OH is 2. The summed E-state index contributed by atoms with van der Waals surface area (Å²) in [5.41, 5.74) is 4.56. The lowest BCUT2D eigenvalue weighted by Gasteiger charge is -2.27. The zero-order chi connectivity index (χ0) is 17.5. The van der Waals surface area contributed by atoms with E-state index >= 15 is 0 Å². The molecule has 0 bridgehead atoms. The fourth-order valence-corrected chi connectivity index (χ4v) is 2.71. The highest BCUT2D eigenvalue weighted by atomic mass is 16.6. The first-order valence-corrected chi connectivity index (χ1v) is 6.73. The molecule has 0 radical (unpaired) electrons. The number of hydrogen-bond donors (Lipinski definition) is 5. The second-order valence-electron chi connectivity index (χ2n) is 5.17. The van der Waals surface area contributed by atoms with Crippen molar-refractivity contribution >= 4 is 17.0 Å². The number of aromatic amines is 1. The molecular weight excluding hydrogens is 320 g/mol. The lowest BCUT2D eigenvalue weighted by molar-refractivity contribution is -0.0841. The number of fused-ring (bicyclic) bond motifs is 1. The third-order valence-electron chi connectivity index (χ3n) is 3.99. The predicted molar refractivity (Wildman–Crippen MR) is 76.1 cm³/mol. The van der Waals surface area contributed by atoms with Gasteiger partial charge in [-0.3, -0.25) is 14.8 Å². The highest BCUT2D eigenvalue weighted by Crippen LogP contribution is 2.42. The smallest absolute Gasteiger partial charge is 0.278 e. The normalized spacial score (nSPS) is 29.5. The standard InChI is InChI=1S/C12H12N8O4/c13-1-5-7(22)12(2-21,11(14)19-15)24-10(5)20-4-18-6-8(20)16-3-17-9(6)23/h3-5,7,10,14-15,21-22H,2H2,(H,16,17,23)/t5-,7-,10+,12+/m0/s1. The van der Waals surface area contributed by atoms with Crippen molar-refractivity contribution < 1.29 is 14.9 Å². The summed E-state index contributed by atoms with van der Waals surface area (Å²) in [5, 5.41) is 40.0. The predicted octanol–water partition coefficient (Wildman–Crippen LogP) is -1.11. The number of ether oxygens (including phenoxy) is 1. The van der Waals surface area contributed by atoms with E-state index in [-0.39, 0.29) is 11.2 Å². The van der Waals surface area contributed by atoms with Crippen molar-refractivity contribution in [3.63, 3.8) is 0 Å². The van der Waals surface area contributed by atoms with Gasteiger partial charge < -0.3 is 19.9 Å².